The molecule has 27 heavy (non-hydrogen) atoms. The van der Waals surface area contributed by atoms with E-state index >= 15 is 0 Å². The van der Waals surface area contributed by atoms with E-state index in [0.717, 1.165) is 12.1 Å². The average Bonchev–Trinajstić information content (AvgIpc) is 2.65. The van der Waals surface area contributed by atoms with Crippen molar-refractivity contribution < 1.29 is 18.5 Å². The van der Waals surface area contributed by atoms with Crippen molar-refractivity contribution in [3.05, 3.63) is 94.0 Å². The summed E-state index contributed by atoms with van der Waals surface area (Å²) in [5, 5.41) is 16.1. The van der Waals surface area contributed by atoms with Gasteiger partial charge in [0.25, 0.3) is 11.6 Å². The molecule has 0 saturated carbocycles. The minimum absolute atomic E-state index is 0.0115. The minimum atomic E-state index is -0.821. The fourth-order valence-electron chi connectivity index (χ4n) is 2.39. The van der Waals surface area contributed by atoms with Crippen LogP contribution in [-0.4, -0.2) is 10.8 Å². The van der Waals surface area contributed by atoms with Crippen molar-refractivity contribution in [3.63, 3.8) is 0 Å². The monoisotopic (exact) mass is 369 g/mol. The van der Waals surface area contributed by atoms with Crippen molar-refractivity contribution in [3.8, 4) is 0 Å². The van der Waals surface area contributed by atoms with E-state index in [2.05, 4.69) is 10.6 Å². The van der Waals surface area contributed by atoms with Crippen LogP contribution in [0.4, 0.5) is 31.5 Å². The Labute approximate surface area is 152 Å². The van der Waals surface area contributed by atoms with Crippen LogP contribution in [0.5, 0.6) is 0 Å². The van der Waals surface area contributed by atoms with Gasteiger partial charge in [-0.3, -0.25) is 14.9 Å². The molecule has 1 amide bonds. The van der Waals surface area contributed by atoms with Crippen molar-refractivity contribution in [1.82, 2.24) is 0 Å². The predicted molar refractivity (Wildman–Crippen MR) is 97.1 cm³/mol. The van der Waals surface area contributed by atoms with Crippen LogP contribution in [0, 0.1) is 21.7 Å². The number of rotatable bonds is 5. The quantitative estimate of drug-likeness (QED) is 0.496. The van der Waals surface area contributed by atoms with Crippen LogP contribution in [0.25, 0.3) is 0 Å². The molecule has 0 heterocycles. The molecule has 3 aromatic rings. The van der Waals surface area contributed by atoms with E-state index in [1.54, 1.807) is 18.2 Å². The summed E-state index contributed by atoms with van der Waals surface area (Å²) in [5.74, 6) is -1.73. The number of carbonyl (C=O) groups excluding carboxylic acids is 1. The maximum absolute atomic E-state index is 14.1. The summed E-state index contributed by atoms with van der Waals surface area (Å²) in [7, 11) is 0. The zero-order chi connectivity index (χ0) is 19.4. The zero-order valence-corrected chi connectivity index (χ0v) is 13.8. The molecule has 0 aliphatic rings. The van der Waals surface area contributed by atoms with Gasteiger partial charge in [0.1, 0.15) is 5.82 Å². The highest BCUT2D eigenvalue weighted by atomic mass is 19.1. The minimum Gasteiger partial charge on any atom is -0.352 e. The Morgan fingerprint density at radius 3 is 2.30 bits per heavy atom. The molecule has 0 radical (unpaired) electrons. The fraction of sp³-hybridized carbons (Fsp3) is 0. The lowest BCUT2D eigenvalue weighted by Gasteiger charge is -2.13. The molecule has 8 heteroatoms. The van der Waals surface area contributed by atoms with E-state index in [4.69, 9.17) is 0 Å². The number of carbonyl (C=O) groups is 1. The first-order valence-corrected chi connectivity index (χ1v) is 7.81. The number of nitrogens with zero attached hydrogens (tertiary/aromatic N) is 1. The molecular weight excluding hydrogens is 356 g/mol. The van der Waals surface area contributed by atoms with Crippen LogP contribution in [0.3, 0.4) is 0 Å². The molecule has 0 unspecified atom stereocenters. The number of hydrogen-bond acceptors (Lipinski definition) is 4. The Hall–Kier alpha value is -3.81. The van der Waals surface area contributed by atoms with Gasteiger partial charge in [0.15, 0.2) is 5.82 Å². The van der Waals surface area contributed by atoms with Gasteiger partial charge in [-0.25, -0.2) is 8.78 Å². The van der Waals surface area contributed by atoms with Crippen molar-refractivity contribution in [2.24, 2.45) is 0 Å². The second kappa shape index (κ2) is 7.61. The summed E-state index contributed by atoms with van der Waals surface area (Å²) in [6, 6.07) is 14.8. The third-order valence-corrected chi connectivity index (χ3v) is 3.71. The molecule has 0 atom stereocenters. The highest BCUT2D eigenvalue weighted by molar-refractivity contribution is 6.08. The van der Waals surface area contributed by atoms with Gasteiger partial charge in [0.2, 0.25) is 0 Å². The van der Waals surface area contributed by atoms with Crippen LogP contribution in [0.15, 0.2) is 66.7 Å². The van der Waals surface area contributed by atoms with Crippen LogP contribution < -0.4 is 10.6 Å². The summed E-state index contributed by atoms with van der Waals surface area (Å²) >= 11 is 0. The molecule has 136 valence electrons. The van der Waals surface area contributed by atoms with Gasteiger partial charge in [-0.05, 0) is 42.5 Å². The number of nitro groups is 1. The lowest BCUT2D eigenvalue weighted by Crippen LogP contribution is -2.14. The Balaban J connectivity index is 1.84. The van der Waals surface area contributed by atoms with Crippen LogP contribution in [0.1, 0.15) is 10.4 Å². The Kier molecular flexibility index (Phi) is 5.07. The van der Waals surface area contributed by atoms with E-state index in [-0.39, 0.29) is 16.9 Å². The Bertz CT molecular complexity index is 1010. The standard InChI is InChI=1S/C19H13F2N3O3/c20-12-5-7-13(8-6-12)22-19(25)15-3-1-2-4-17(15)23-18-10-9-14(24(26)27)11-16(18)21/h1-11,23H,(H,22,25). The van der Waals surface area contributed by atoms with Crippen molar-refractivity contribution >= 4 is 28.7 Å². The van der Waals surface area contributed by atoms with Gasteiger partial charge < -0.3 is 10.6 Å². The molecule has 0 bridgehead atoms. The molecule has 6 nitrogen and oxygen atoms in total. The zero-order valence-electron chi connectivity index (χ0n) is 13.8. The number of nitro benzene ring substituents is 1. The average molecular weight is 369 g/mol. The second-order valence-electron chi connectivity index (χ2n) is 5.55. The van der Waals surface area contributed by atoms with Gasteiger partial charge in [-0.2, -0.15) is 0 Å². The summed E-state index contributed by atoms with van der Waals surface area (Å²) < 4.78 is 27.1. The van der Waals surface area contributed by atoms with Gasteiger partial charge in [0, 0.05) is 11.8 Å². The number of para-hydroxylation sites is 1. The van der Waals surface area contributed by atoms with Crippen molar-refractivity contribution in [1.29, 1.82) is 0 Å². The van der Waals surface area contributed by atoms with E-state index < -0.39 is 22.5 Å². The molecule has 0 aliphatic carbocycles. The topological polar surface area (TPSA) is 84.3 Å². The maximum Gasteiger partial charge on any atom is 0.272 e. The van der Waals surface area contributed by atoms with Gasteiger partial charge in [-0.1, -0.05) is 12.1 Å². The number of nitrogens with one attached hydrogen (secondary N) is 2. The normalized spacial score (nSPS) is 10.3. The summed E-state index contributed by atoms with van der Waals surface area (Å²) in [5.41, 5.74) is 0.546. The number of anilines is 3. The van der Waals surface area contributed by atoms with Crippen molar-refractivity contribution in [2.75, 3.05) is 10.6 Å². The molecule has 3 rings (SSSR count). The summed E-state index contributed by atoms with van der Waals surface area (Å²) in [6.07, 6.45) is 0. The molecule has 0 saturated heterocycles. The van der Waals surface area contributed by atoms with E-state index in [1.165, 1.54) is 36.4 Å². The SMILES string of the molecule is O=C(Nc1ccc(F)cc1)c1ccccc1Nc1ccc([N+](=O)[O-])cc1F. The Morgan fingerprint density at radius 1 is 0.926 bits per heavy atom. The fourth-order valence-corrected chi connectivity index (χ4v) is 2.39. The second-order valence-corrected chi connectivity index (χ2v) is 5.55. The number of amides is 1. The van der Waals surface area contributed by atoms with E-state index in [1.807, 2.05) is 0 Å². The van der Waals surface area contributed by atoms with E-state index in [0.29, 0.717) is 11.4 Å². The lowest BCUT2D eigenvalue weighted by atomic mass is 10.1. The van der Waals surface area contributed by atoms with Gasteiger partial charge >= 0.3 is 0 Å². The molecule has 3 aromatic carbocycles. The molecular formula is C19H13F2N3O3. The predicted octanol–water partition coefficient (Wildman–Crippen LogP) is 4.87. The third-order valence-electron chi connectivity index (χ3n) is 3.71. The molecule has 0 fully saturated rings. The molecule has 0 aromatic heterocycles. The summed E-state index contributed by atoms with van der Waals surface area (Å²) in [6.45, 7) is 0. The lowest BCUT2D eigenvalue weighted by molar-refractivity contribution is -0.385. The van der Waals surface area contributed by atoms with Crippen LogP contribution in [0.2, 0.25) is 0 Å². The summed E-state index contributed by atoms with van der Waals surface area (Å²) in [4.78, 5) is 22.5. The van der Waals surface area contributed by atoms with Gasteiger partial charge in [-0.15, -0.1) is 0 Å². The number of benzene rings is 3. The number of hydrogen-bond donors (Lipinski definition) is 2. The highest BCUT2D eigenvalue weighted by Gasteiger charge is 2.15. The van der Waals surface area contributed by atoms with Crippen molar-refractivity contribution in [2.45, 2.75) is 0 Å². The third kappa shape index (κ3) is 4.24. The van der Waals surface area contributed by atoms with Crippen LogP contribution in [-0.2, 0) is 0 Å². The first-order valence-electron chi connectivity index (χ1n) is 7.81. The molecule has 0 aliphatic heterocycles. The first kappa shape index (κ1) is 18.0. The maximum atomic E-state index is 14.1. The van der Waals surface area contributed by atoms with E-state index in [9.17, 15) is 23.7 Å². The number of halogens is 2. The molecule has 0 spiro atoms. The van der Waals surface area contributed by atoms with Crippen LogP contribution >= 0.6 is 0 Å². The highest BCUT2D eigenvalue weighted by Crippen LogP contribution is 2.26. The number of non-ortho nitro benzene ring substituents is 1. The Morgan fingerprint density at radius 2 is 1.63 bits per heavy atom. The smallest absolute Gasteiger partial charge is 0.272 e. The largest absolute Gasteiger partial charge is 0.352 e. The van der Waals surface area contributed by atoms with Gasteiger partial charge in [0.05, 0.1) is 27.9 Å². The molecule has 2 N–H and O–H groups in total. The first-order chi connectivity index (χ1) is 12.9.